The molecule has 11 heteroatoms. The Kier molecular flexibility index (Phi) is 4.78. The second-order valence-electron chi connectivity index (χ2n) is 5.17. The number of nitrogens with zero attached hydrogens (tertiary/aromatic N) is 2. The first-order chi connectivity index (χ1) is 11.4. The molecule has 25 heavy (non-hydrogen) atoms. The topological polar surface area (TPSA) is 68.0 Å². The minimum absolute atomic E-state index is 0.0335. The highest BCUT2D eigenvalue weighted by Crippen LogP contribution is 2.36. The van der Waals surface area contributed by atoms with Gasteiger partial charge in [-0.15, -0.1) is 0 Å². The molecule has 0 radical (unpaired) electrons. The summed E-state index contributed by atoms with van der Waals surface area (Å²) in [7, 11) is 0. The number of carbonyl (C=O) groups excluding carboxylic acids is 1. The Hall–Kier alpha value is -2.59. The highest BCUT2D eigenvalue weighted by molar-refractivity contribution is 5.94. The van der Waals surface area contributed by atoms with Crippen molar-refractivity contribution in [1.29, 1.82) is 0 Å². The van der Waals surface area contributed by atoms with Crippen LogP contribution in [-0.4, -0.2) is 16.0 Å². The van der Waals surface area contributed by atoms with Gasteiger partial charge in [0.2, 0.25) is 5.89 Å². The Bertz CT molecular complexity index is 749. The van der Waals surface area contributed by atoms with Crippen LogP contribution in [0.5, 0.6) is 0 Å². The number of amides is 1. The Morgan fingerprint density at radius 2 is 1.60 bits per heavy atom. The zero-order chi connectivity index (χ0) is 19.0. The Morgan fingerprint density at radius 1 is 1.08 bits per heavy atom. The van der Waals surface area contributed by atoms with E-state index in [1.165, 1.54) is 13.8 Å². The number of rotatable bonds is 3. The van der Waals surface area contributed by atoms with E-state index < -0.39 is 41.0 Å². The number of alkyl halides is 6. The molecule has 2 rings (SSSR count). The maximum absolute atomic E-state index is 12.8. The van der Waals surface area contributed by atoms with Crippen LogP contribution in [0.4, 0.5) is 26.3 Å². The summed E-state index contributed by atoms with van der Waals surface area (Å²) in [6.07, 6.45) is -10.1. The molecule has 0 fully saturated rings. The van der Waals surface area contributed by atoms with Gasteiger partial charge >= 0.3 is 12.4 Å². The van der Waals surface area contributed by atoms with Crippen molar-refractivity contribution in [3.05, 3.63) is 46.6 Å². The molecule has 1 aromatic heterocycles. The molecule has 1 atom stereocenters. The fourth-order valence-corrected chi connectivity index (χ4v) is 1.92. The van der Waals surface area contributed by atoms with Gasteiger partial charge in [-0.3, -0.25) is 4.79 Å². The normalized spacial score (nSPS) is 13.6. The first-order valence-electron chi connectivity index (χ1n) is 6.78. The number of carbonyl (C=O) groups is 1. The highest BCUT2D eigenvalue weighted by atomic mass is 19.4. The van der Waals surface area contributed by atoms with Crippen LogP contribution >= 0.6 is 0 Å². The van der Waals surface area contributed by atoms with Crippen LogP contribution in [0, 0.1) is 6.92 Å². The van der Waals surface area contributed by atoms with Gasteiger partial charge in [0.25, 0.3) is 5.91 Å². The second-order valence-corrected chi connectivity index (χ2v) is 5.17. The minimum atomic E-state index is -5.04. The SMILES string of the molecule is Cc1noc(C(C)NC(=O)c2cc(C(F)(F)F)cc(C(F)(F)F)c2)n1. The molecule has 0 saturated carbocycles. The molecule has 0 spiro atoms. The number of hydrogen-bond acceptors (Lipinski definition) is 4. The first-order valence-corrected chi connectivity index (χ1v) is 6.78. The number of benzene rings is 1. The first kappa shape index (κ1) is 18.7. The van der Waals surface area contributed by atoms with Crippen LogP contribution in [0.2, 0.25) is 0 Å². The van der Waals surface area contributed by atoms with Crippen LogP contribution in [0.1, 0.15) is 46.2 Å². The van der Waals surface area contributed by atoms with Crippen LogP contribution in [0.3, 0.4) is 0 Å². The molecule has 1 aromatic carbocycles. The summed E-state index contributed by atoms with van der Waals surface area (Å²) in [6.45, 7) is 2.90. The molecule has 1 N–H and O–H groups in total. The third-order valence-electron chi connectivity index (χ3n) is 3.11. The van der Waals surface area contributed by atoms with Crippen LogP contribution < -0.4 is 5.32 Å². The molecule has 0 aliphatic heterocycles. The van der Waals surface area contributed by atoms with Crippen LogP contribution in [0.25, 0.3) is 0 Å². The Morgan fingerprint density at radius 3 is 2.00 bits per heavy atom. The number of hydrogen-bond donors (Lipinski definition) is 1. The van der Waals surface area contributed by atoms with E-state index in [1.54, 1.807) is 0 Å². The third-order valence-corrected chi connectivity index (χ3v) is 3.11. The zero-order valence-corrected chi connectivity index (χ0v) is 12.8. The van der Waals surface area contributed by atoms with Gasteiger partial charge < -0.3 is 9.84 Å². The lowest BCUT2D eigenvalue weighted by atomic mass is 10.0. The molecule has 0 saturated heterocycles. The van der Waals surface area contributed by atoms with Crippen LogP contribution in [-0.2, 0) is 12.4 Å². The Labute approximate surface area is 137 Å². The molecule has 2 aromatic rings. The highest BCUT2D eigenvalue weighted by Gasteiger charge is 2.37. The van der Waals surface area contributed by atoms with Gasteiger partial charge in [-0.1, -0.05) is 5.16 Å². The van der Waals surface area contributed by atoms with Crippen molar-refractivity contribution in [3.8, 4) is 0 Å². The predicted octanol–water partition coefficient (Wildman–Crippen LogP) is 3.91. The molecular weight excluding hydrogens is 356 g/mol. The summed E-state index contributed by atoms with van der Waals surface area (Å²) < 4.78 is 81.6. The maximum atomic E-state index is 12.8. The zero-order valence-electron chi connectivity index (χ0n) is 12.8. The summed E-state index contributed by atoms with van der Waals surface area (Å²) >= 11 is 0. The summed E-state index contributed by atoms with van der Waals surface area (Å²) in [6, 6.07) is -0.272. The van der Waals surface area contributed by atoms with Crippen molar-refractivity contribution in [2.75, 3.05) is 0 Å². The van der Waals surface area contributed by atoms with Crippen molar-refractivity contribution in [2.45, 2.75) is 32.2 Å². The lowest BCUT2D eigenvalue weighted by molar-refractivity contribution is -0.143. The summed E-state index contributed by atoms with van der Waals surface area (Å²) in [4.78, 5) is 15.9. The average Bonchev–Trinajstić information content (AvgIpc) is 2.91. The number of aryl methyl sites for hydroxylation is 1. The van der Waals surface area contributed by atoms with E-state index in [1.807, 2.05) is 0 Å². The number of nitrogens with one attached hydrogen (secondary N) is 1. The lowest BCUT2D eigenvalue weighted by Crippen LogP contribution is -2.27. The maximum Gasteiger partial charge on any atom is 0.416 e. The van der Waals surface area contributed by atoms with Crippen molar-refractivity contribution >= 4 is 5.91 Å². The summed E-state index contributed by atoms with van der Waals surface area (Å²) in [5.41, 5.74) is -3.94. The predicted molar refractivity (Wildman–Crippen MR) is 71.4 cm³/mol. The fourth-order valence-electron chi connectivity index (χ4n) is 1.92. The van der Waals surface area contributed by atoms with Crippen molar-refractivity contribution in [3.63, 3.8) is 0 Å². The quantitative estimate of drug-likeness (QED) is 0.836. The molecule has 1 amide bonds. The molecular formula is C14H11F6N3O2. The lowest BCUT2D eigenvalue weighted by Gasteiger charge is -2.15. The summed E-state index contributed by atoms with van der Waals surface area (Å²) in [5, 5.41) is 5.69. The standard InChI is InChI=1S/C14H11F6N3O2/c1-6(12-22-7(2)23-25-12)21-11(24)8-3-9(13(15,16)17)5-10(4-8)14(18,19)20/h3-6H,1-2H3,(H,21,24). The van der Waals surface area contributed by atoms with E-state index in [0.29, 0.717) is 12.1 Å². The molecule has 1 heterocycles. The van der Waals surface area contributed by atoms with Gasteiger partial charge in [-0.25, -0.2) is 0 Å². The fraction of sp³-hybridized carbons (Fsp3) is 0.357. The Balaban J connectivity index is 2.35. The largest absolute Gasteiger partial charge is 0.416 e. The smallest absolute Gasteiger partial charge is 0.341 e. The van der Waals surface area contributed by atoms with Crippen molar-refractivity contribution in [1.82, 2.24) is 15.5 Å². The van der Waals surface area contributed by atoms with Gasteiger partial charge in [0.05, 0.1) is 11.1 Å². The van der Waals surface area contributed by atoms with Gasteiger partial charge in [-0.2, -0.15) is 31.3 Å². The second kappa shape index (κ2) is 6.37. The molecule has 136 valence electrons. The van der Waals surface area contributed by atoms with Crippen LogP contribution in [0.15, 0.2) is 22.7 Å². The van der Waals surface area contributed by atoms with E-state index in [-0.39, 0.29) is 17.8 Å². The summed E-state index contributed by atoms with van der Waals surface area (Å²) in [5.74, 6) is -0.914. The van der Waals surface area contributed by atoms with E-state index in [2.05, 4.69) is 15.5 Å². The molecule has 5 nitrogen and oxygen atoms in total. The van der Waals surface area contributed by atoms with E-state index >= 15 is 0 Å². The van der Waals surface area contributed by atoms with E-state index in [9.17, 15) is 31.1 Å². The number of aromatic nitrogens is 2. The third kappa shape index (κ3) is 4.48. The molecule has 0 aliphatic rings. The van der Waals surface area contributed by atoms with Gasteiger partial charge in [0.1, 0.15) is 6.04 Å². The monoisotopic (exact) mass is 367 g/mol. The molecule has 1 unspecified atom stereocenters. The van der Waals surface area contributed by atoms with E-state index in [0.717, 1.165) is 0 Å². The average molecular weight is 367 g/mol. The van der Waals surface area contributed by atoms with Crippen molar-refractivity contribution < 1.29 is 35.7 Å². The molecule has 0 aliphatic carbocycles. The van der Waals surface area contributed by atoms with Gasteiger partial charge in [-0.05, 0) is 32.0 Å². The molecule has 0 bridgehead atoms. The van der Waals surface area contributed by atoms with Gasteiger partial charge in [0.15, 0.2) is 5.82 Å². The van der Waals surface area contributed by atoms with E-state index in [4.69, 9.17) is 4.52 Å². The van der Waals surface area contributed by atoms with Gasteiger partial charge in [0, 0.05) is 5.56 Å². The number of halogens is 6. The minimum Gasteiger partial charge on any atom is -0.341 e. The van der Waals surface area contributed by atoms with Crippen molar-refractivity contribution in [2.24, 2.45) is 0 Å².